The van der Waals surface area contributed by atoms with Gasteiger partial charge in [0.1, 0.15) is 5.82 Å². The van der Waals surface area contributed by atoms with Crippen LogP contribution >= 0.6 is 0 Å². The van der Waals surface area contributed by atoms with Gasteiger partial charge in [0.15, 0.2) is 5.82 Å². The number of rotatable bonds is 5. The maximum atomic E-state index is 12.7. The Balaban J connectivity index is 1.38. The van der Waals surface area contributed by atoms with E-state index in [1.54, 1.807) is 0 Å². The molecule has 2 N–H and O–H groups in total. The number of para-hydroxylation sites is 1. The number of carbonyl (C=O) groups excluding carboxylic acids is 1. The molecule has 1 fully saturated rings. The molecule has 1 aliphatic heterocycles. The fourth-order valence-corrected chi connectivity index (χ4v) is 3.80. The van der Waals surface area contributed by atoms with Gasteiger partial charge in [0, 0.05) is 48.9 Å². The van der Waals surface area contributed by atoms with Crippen LogP contribution in [0.1, 0.15) is 49.3 Å². The van der Waals surface area contributed by atoms with Crippen molar-refractivity contribution >= 4 is 16.8 Å². The van der Waals surface area contributed by atoms with Crippen molar-refractivity contribution in [1.82, 2.24) is 25.1 Å². The van der Waals surface area contributed by atoms with E-state index in [4.69, 9.17) is 0 Å². The van der Waals surface area contributed by atoms with Gasteiger partial charge in [-0.05, 0) is 30.9 Å². The average molecular weight is 351 g/mol. The van der Waals surface area contributed by atoms with Crippen molar-refractivity contribution in [2.24, 2.45) is 0 Å². The Kier molecular flexibility index (Phi) is 4.73. The van der Waals surface area contributed by atoms with Gasteiger partial charge in [0.05, 0.1) is 0 Å². The van der Waals surface area contributed by atoms with E-state index in [0.29, 0.717) is 6.42 Å². The molecule has 0 bridgehead atoms. The number of benzene rings is 1. The zero-order chi connectivity index (χ0) is 17.9. The lowest BCUT2D eigenvalue weighted by atomic mass is 9.96. The minimum atomic E-state index is 0.228. The van der Waals surface area contributed by atoms with Gasteiger partial charge in [0.25, 0.3) is 0 Å². The lowest BCUT2D eigenvalue weighted by Gasteiger charge is -2.31. The standard InChI is InChI=1S/C20H25N5O/c1-2-18-22-20(24-23-18)15-6-5-11-25(13-15)19(26)10-9-14-12-21-17-8-4-3-7-16(14)17/h3-4,7-8,12,15,21H,2,5-6,9-11,13H2,1H3,(H,22,23,24). The Morgan fingerprint density at radius 1 is 1.35 bits per heavy atom. The Morgan fingerprint density at radius 3 is 3.08 bits per heavy atom. The number of hydrogen-bond donors (Lipinski definition) is 2. The second-order valence-electron chi connectivity index (χ2n) is 7.03. The molecule has 1 aromatic carbocycles. The molecule has 1 amide bonds. The number of fused-ring (bicyclic) bond motifs is 1. The molecule has 1 atom stereocenters. The minimum Gasteiger partial charge on any atom is -0.361 e. The van der Waals surface area contributed by atoms with Crippen LogP contribution < -0.4 is 0 Å². The molecule has 4 rings (SSSR count). The normalized spacial score (nSPS) is 17.7. The monoisotopic (exact) mass is 351 g/mol. The van der Waals surface area contributed by atoms with Crippen LogP contribution in [0.5, 0.6) is 0 Å². The number of piperidine rings is 1. The minimum absolute atomic E-state index is 0.228. The van der Waals surface area contributed by atoms with Gasteiger partial charge < -0.3 is 9.88 Å². The van der Waals surface area contributed by atoms with Crippen molar-refractivity contribution in [2.75, 3.05) is 13.1 Å². The van der Waals surface area contributed by atoms with Gasteiger partial charge in [-0.25, -0.2) is 4.98 Å². The third-order valence-electron chi connectivity index (χ3n) is 5.31. The first kappa shape index (κ1) is 16.8. The number of hydrogen-bond acceptors (Lipinski definition) is 3. The molecular weight excluding hydrogens is 326 g/mol. The highest BCUT2D eigenvalue weighted by Crippen LogP contribution is 2.25. The average Bonchev–Trinajstić information content (AvgIpc) is 3.33. The van der Waals surface area contributed by atoms with Crippen LogP contribution in [0.15, 0.2) is 30.5 Å². The molecule has 3 heterocycles. The third-order valence-corrected chi connectivity index (χ3v) is 5.31. The van der Waals surface area contributed by atoms with Crippen LogP contribution in [0.25, 0.3) is 10.9 Å². The maximum Gasteiger partial charge on any atom is 0.222 e. The fraction of sp³-hybridized carbons (Fsp3) is 0.450. The molecule has 26 heavy (non-hydrogen) atoms. The smallest absolute Gasteiger partial charge is 0.222 e. The summed E-state index contributed by atoms with van der Waals surface area (Å²) in [7, 11) is 0. The Hall–Kier alpha value is -2.63. The molecule has 1 aliphatic rings. The SMILES string of the molecule is CCc1nc(C2CCCN(C(=O)CCc3c[nH]c4ccccc34)C2)n[nH]1. The van der Waals surface area contributed by atoms with E-state index in [1.807, 2.05) is 23.2 Å². The van der Waals surface area contributed by atoms with Gasteiger partial charge in [-0.1, -0.05) is 25.1 Å². The molecule has 0 spiro atoms. The summed E-state index contributed by atoms with van der Waals surface area (Å²) < 4.78 is 0. The number of aromatic nitrogens is 4. The first-order chi connectivity index (χ1) is 12.7. The van der Waals surface area contributed by atoms with E-state index in [0.717, 1.165) is 55.9 Å². The first-order valence-corrected chi connectivity index (χ1v) is 9.48. The molecular formula is C20H25N5O. The van der Waals surface area contributed by atoms with E-state index in [9.17, 15) is 4.79 Å². The van der Waals surface area contributed by atoms with Crippen molar-refractivity contribution in [3.05, 3.63) is 47.7 Å². The number of carbonyl (C=O) groups is 1. The number of likely N-dealkylation sites (tertiary alicyclic amines) is 1. The zero-order valence-corrected chi connectivity index (χ0v) is 15.2. The summed E-state index contributed by atoms with van der Waals surface area (Å²) in [5.41, 5.74) is 2.34. The van der Waals surface area contributed by atoms with Gasteiger partial charge in [-0.3, -0.25) is 9.89 Å². The van der Waals surface area contributed by atoms with E-state index < -0.39 is 0 Å². The van der Waals surface area contributed by atoms with E-state index >= 15 is 0 Å². The molecule has 6 heteroatoms. The van der Waals surface area contributed by atoms with Gasteiger partial charge in [-0.2, -0.15) is 5.10 Å². The van der Waals surface area contributed by atoms with Crippen molar-refractivity contribution in [3.8, 4) is 0 Å². The summed E-state index contributed by atoms with van der Waals surface area (Å²) in [6, 6.07) is 8.24. The number of nitrogens with one attached hydrogen (secondary N) is 2. The van der Waals surface area contributed by atoms with Crippen LogP contribution in [-0.2, 0) is 17.6 Å². The largest absolute Gasteiger partial charge is 0.361 e. The van der Waals surface area contributed by atoms with Crippen LogP contribution in [-0.4, -0.2) is 44.1 Å². The number of H-pyrrole nitrogens is 2. The molecule has 0 radical (unpaired) electrons. The lowest BCUT2D eigenvalue weighted by Crippen LogP contribution is -2.39. The summed E-state index contributed by atoms with van der Waals surface area (Å²) in [5.74, 6) is 2.25. The highest BCUT2D eigenvalue weighted by Gasteiger charge is 2.27. The van der Waals surface area contributed by atoms with Crippen molar-refractivity contribution < 1.29 is 4.79 Å². The molecule has 3 aromatic rings. The molecule has 6 nitrogen and oxygen atoms in total. The Morgan fingerprint density at radius 2 is 2.23 bits per heavy atom. The molecule has 1 saturated heterocycles. The van der Waals surface area contributed by atoms with E-state index in [2.05, 4.69) is 39.2 Å². The maximum absolute atomic E-state index is 12.7. The summed E-state index contributed by atoms with van der Waals surface area (Å²) in [4.78, 5) is 22.6. The number of aryl methyl sites for hydroxylation is 2. The lowest BCUT2D eigenvalue weighted by molar-refractivity contribution is -0.132. The fourth-order valence-electron chi connectivity index (χ4n) is 3.80. The van der Waals surface area contributed by atoms with Gasteiger partial charge in [-0.15, -0.1) is 0 Å². The van der Waals surface area contributed by atoms with Crippen molar-refractivity contribution in [1.29, 1.82) is 0 Å². The summed E-state index contributed by atoms with van der Waals surface area (Å²) in [6.07, 6.45) is 6.25. The third kappa shape index (κ3) is 3.36. The number of amides is 1. The van der Waals surface area contributed by atoms with Crippen molar-refractivity contribution in [3.63, 3.8) is 0 Å². The molecule has 136 valence electrons. The van der Waals surface area contributed by atoms with Crippen molar-refractivity contribution in [2.45, 2.75) is 44.9 Å². The quantitative estimate of drug-likeness (QED) is 0.741. The van der Waals surface area contributed by atoms with Crippen LogP contribution in [0.2, 0.25) is 0 Å². The predicted octanol–water partition coefficient (Wildman–Crippen LogP) is 3.19. The second kappa shape index (κ2) is 7.32. The first-order valence-electron chi connectivity index (χ1n) is 9.48. The van der Waals surface area contributed by atoms with Gasteiger partial charge >= 0.3 is 0 Å². The Bertz CT molecular complexity index is 896. The zero-order valence-electron chi connectivity index (χ0n) is 15.2. The molecule has 0 saturated carbocycles. The number of aromatic amines is 2. The topological polar surface area (TPSA) is 77.7 Å². The van der Waals surface area contributed by atoms with Crippen LogP contribution in [0, 0.1) is 0 Å². The highest BCUT2D eigenvalue weighted by atomic mass is 16.2. The molecule has 2 aromatic heterocycles. The summed E-state index contributed by atoms with van der Waals surface area (Å²) >= 11 is 0. The van der Waals surface area contributed by atoms with Gasteiger partial charge in [0.2, 0.25) is 5.91 Å². The molecule has 0 aliphatic carbocycles. The highest BCUT2D eigenvalue weighted by molar-refractivity contribution is 5.84. The van der Waals surface area contributed by atoms with Crippen LogP contribution in [0.3, 0.4) is 0 Å². The van der Waals surface area contributed by atoms with E-state index in [-0.39, 0.29) is 11.8 Å². The summed E-state index contributed by atoms with van der Waals surface area (Å²) in [6.45, 7) is 3.63. The van der Waals surface area contributed by atoms with E-state index in [1.165, 1.54) is 10.9 Å². The molecule has 1 unspecified atom stereocenters. The number of nitrogens with zero attached hydrogens (tertiary/aromatic N) is 3. The second-order valence-corrected chi connectivity index (χ2v) is 7.03. The summed E-state index contributed by atoms with van der Waals surface area (Å²) in [5, 5.41) is 8.55. The Labute approximate surface area is 153 Å². The predicted molar refractivity (Wildman–Crippen MR) is 101 cm³/mol. The van der Waals surface area contributed by atoms with Crippen LogP contribution in [0.4, 0.5) is 0 Å².